The van der Waals surface area contributed by atoms with Gasteiger partial charge >= 0.3 is 0 Å². The summed E-state index contributed by atoms with van der Waals surface area (Å²) < 4.78 is 8.01. The standard InChI is InChI=1S/C12H19N3O/c13-9-10-2-6-15(14-10)11-3-7-16-12(8-11)4-1-5-12/h2,6,11H,1,3-5,7-9,13H2. The SMILES string of the molecule is NCc1ccn(C2CCOC3(CCC3)C2)n1. The molecule has 4 nitrogen and oxygen atoms in total. The Kier molecular flexibility index (Phi) is 2.48. The Bertz CT molecular complexity index is 370. The molecule has 1 aromatic rings. The Morgan fingerprint density at radius 1 is 1.56 bits per heavy atom. The highest BCUT2D eigenvalue weighted by Gasteiger charge is 2.43. The van der Waals surface area contributed by atoms with Crippen LogP contribution in [0.5, 0.6) is 0 Å². The van der Waals surface area contributed by atoms with Gasteiger partial charge < -0.3 is 10.5 Å². The second kappa shape index (κ2) is 3.86. The van der Waals surface area contributed by atoms with E-state index in [-0.39, 0.29) is 5.60 Å². The summed E-state index contributed by atoms with van der Waals surface area (Å²) in [6, 6.07) is 2.53. The molecule has 2 aliphatic rings. The zero-order valence-corrected chi connectivity index (χ0v) is 9.56. The minimum Gasteiger partial charge on any atom is -0.375 e. The van der Waals surface area contributed by atoms with Crippen molar-refractivity contribution in [3.63, 3.8) is 0 Å². The van der Waals surface area contributed by atoms with Gasteiger partial charge in [-0.2, -0.15) is 5.10 Å². The van der Waals surface area contributed by atoms with Crippen LogP contribution in [0.25, 0.3) is 0 Å². The van der Waals surface area contributed by atoms with Crippen LogP contribution >= 0.6 is 0 Å². The Morgan fingerprint density at radius 3 is 3.06 bits per heavy atom. The lowest BCUT2D eigenvalue weighted by Crippen LogP contribution is -2.46. The van der Waals surface area contributed by atoms with E-state index in [9.17, 15) is 0 Å². The van der Waals surface area contributed by atoms with E-state index >= 15 is 0 Å². The summed E-state index contributed by atoms with van der Waals surface area (Å²) in [7, 11) is 0. The zero-order chi connectivity index (χ0) is 11.0. The van der Waals surface area contributed by atoms with E-state index in [0.29, 0.717) is 12.6 Å². The minimum atomic E-state index is 0.192. The van der Waals surface area contributed by atoms with Gasteiger partial charge in [0.2, 0.25) is 0 Å². The third kappa shape index (κ3) is 1.66. The molecule has 1 aliphatic heterocycles. The molecule has 0 aromatic carbocycles. The van der Waals surface area contributed by atoms with Crippen molar-refractivity contribution in [2.75, 3.05) is 6.61 Å². The molecule has 0 amide bonds. The molecule has 1 atom stereocenters. The number of ether oxygens (including phenoxy) is 1. The van der Waals surface area contributed by atoms with Gasteiger partial charge in [0.15, 0.2) is 0 Å². The lowest BCUT2D eigenvalue weighted by molar-refractivity contribution is -0.141. The maximum atomic E-state index is 5.92. The number of aromatic nitrogens is 2. The molecule has 88 valence electrons. The van der Waals surface area contributed by atoms with Crippen LogP contribution in [0.1, 0.15) is 43.8 Å². The summed E-state index contributed by atoms with van der Waals surface area (Å²) in [5, 5.41) is 4.51. The van der Waals surface area contributed by atoms with Crippen molar-refractivity contribution < 1.29 is 4.74 Å². The number of nitrogens with two attached hydrogens (primary N) is 1. The van der Waals surface area contributed by atoms with Crippen LogP contribution in [0, 0.1) is 0 Å². The van der Waals surface area contributed by atoms with Crippen LogP contribution in [-0.4, -0.2) is 22.0 Å². The predicted molar refractivity (Wildman–Crippen MR) is 60.9 cm³/mol. The molecule has 2 heterocycles. The van der Waals surface area contributed by atoms with Crippen molar-refractivity contribution in [3.8, 4) is 0 Å². The lowest BCUT2D eigenvalue weighted by Gasteiger charge is -2.47. The molecule has 16 heavy (non-hydrogen) atoms. The summed E-state index contributed by atoms with van der Waals surface area (Å²) >= 11 is 0. The zero-order valence-electron chi connectivity index (χ0n) is 9.56. The van der Waals surface area contributed by atoms with Gasteiger partial charge in [0.1, 0.15) is 0 Å². The third-order valence-electron chi connectivity index (χ3n) is 3.98. The molecule has 2 N–H and O–H groups in total. The van der Waals surface area contributed by atoms with E-state index in [1.165, 1.54) is 19.3 Å². The first-order valence-electron chi connectivity index (χ1n) is 6.19. The number of hydrogen-bond acceptors (Lipinski definition) is 3. The monoisotopic (exact) mass is 221 g/mol. The van der Waals surface area contributed by atoms with Crippen molar-refractivity contribution in [2.45, 2.75) is 50.3 Å². The van der Waals surface area contributed by atoms with E-state index in [2.05, 4.69) is 16.0 Å². The van der Waals surface area contributed by atoms with Gasteiger partial charge in [0.05, 0.1) is 17.3 Å². The fourth-order valence-electron chi connectivity index (χ4n) is 2.84. The maximum Gasteiger partial charge on any atom is 0.0760 e. The molecule has 1 aromatic heterocycles. The van der Waals surface area contributed by atoms with Crippen LogP contribution < -0.4 is 5.73 Å². The van der Waals surface area contributed by atoms with Crippen LogP contribution in [0.4, 0.5) is 0 Å². The van der Waals surface area contributed by atoms with E-state index in [1.807, 2.05) is 6.07 Å². The first kappa shape index (κ1) is 10.3. The van der Waals surface area contributed by atoms with Gasteiger partial charge in [-0.25, -0.2) is 0 Å². The molecule has 0 bridgehead atoms. The molecule has 3 rings (SSSR count). The topological polar surface area (TPSA) is 53.1 Å². The Balaban J connectivity index is 1.74. The first-order chi connectivity index (χ1) is 7.81. The lowest BCUT2D eigenvalue weighted by atomic mass is 9.74. The van der Waals surface area contributed by atoms with Crippen LogP contribution in [0.15, 0.2) is 12.3 Å². The molecule has 1 aliphatic carbocycles. The van der Waals surface area contributed by atoms with Gasteiger partial charge in [-0.15, -0.1) is 0 Å². The summed E-state index contributed by atoms with van der Waals surface area (Å²) in [5.41, 5.74) is 6.76. The molecule has 1 spiro atoms. The highest BCUT2D eigenvalue weighted by molar-refractivity contribution is 5.01. The third-order valence-corrected chi connectivity index (χ3v) is 3.98. The highest BCUT2D eigenvalue weighted by atomic mass is 16.5. The summed E-state index contributed by atoms with van der Waals surface area (Å²) in [6.07, 6.45) is 8.04. The molecular formula is C12H19N3O. The van der Waals surface area contributed by atoms with Crippen LogP contribution in [-0.2, 0) is 11.3 Å². The molecule has 1 saturated carbocycles. The summed E-state index contributed by atoms with van der Waals surface area (Å²) in [4.78, 5) is 0. The predicted octanol–water partition coefficient (Wildman–Crippen LogP) is 1.62. The molecular weight excluding hydrogens is 202 g/mol. The minimum absolute atomic E-state index is 0.192. The van der Waals surface area contributed by atoms with Crippen molar-refractivity contribution in [2.24, 2.45) is 5.73 Å². The summed E-state index contributed by atoms with van der Waals surface area (Å²) in [5.74, 6) is 0. The van der Waals surface area contributed by atoms with E-state index < -0.39 is 0 Å². The van der Waals surface area contributed by atoms with Crippen LogP contribution in [0.3, 0.4) is 0 Å². The molecule has 2 fully saturated rings. The Morgan fingerprint density at radius 2 is 2.44 bits per heavy atom. The smallest absolute Gasteiger partial charge is 0.0760 e. The highest BCUT2D eigenvalue weighted by Crippen LogP contribution is 2.45. The molecule has 1 saturated heterocycles. The number of hydrogen-bond donors (Lipinski definition) is 1. The number of nitrogens with zero attached hydrogens (tertiary/aromatic N) is 2. The van der Waals surface area contributed by atoms with Gasteiger partial charge in [-0.3, -0.25) is 4.68 Å². The van der Waals surface area contributed by atoms with Gasteiger partial charge in [0.25, 0.3) is 0 Å². The maximum absolute atomic E-state index is 5.92. The van der Waals surface area contributed by atoms with E-state index in [4.69, 9.17) is 10.5 Å². The van der Waals surface area contributed by atoms with Gasteiger partial charge in [0, 0.05) is 19.3 Å². The normalized spacial score (nSPS) is 27.9. The van der Waals surface area contributed by atoms with Crippen molar-refractivity contribution in [1.29, 1.82) is 0 Å². The van der Waals surface area contributed by atoms with Crippen molar-refractivity contribution >= 4 is 0 Å². The molecule has 4 heteroatoms. The fraction of sp³-hybridized carbons (Fsp3) is 0.750. The Hall–Kier alpha value is -0.870. The second-order valence-corrected chi connectivity index (χ2v) is 5.02. The van der Waals surface area contributed by atoms with Gasteiger partial charge in [-0.1, -0.05) is 0 Å². The largest absolute Gasteiger partial charge is 0.375 e. The van der Waals surface area contributed by atoms with Crippen molar-refractivity contribution in [3.05, 3.63) is 18.0 Å². The quantitative estimate of drug-likeness (QED) is 0.825. The van der Waals surface area contributed by atoms with Gasteiger partial charge in [-0.05, 0) is 38.2 Å². The van der Waals surface area contributed by atoms with E-state index in [1.54, 1.807) is 0 Å². The first-order valence-corrected chi connectivity index (χ1v) is 6.19. The summed E-state index contributed by atoms with van der Waals surface area (Å²) in [6.45, 7) is 1.41. The molecule has 0 radical (unpaired) electrons. The van der Waals surface area contributed by atoms with Crippen molar-refractivity contribution in [1.82, 2.24) is 9.78 Å². The average Bonchev–Trinajstić information content (AvgIpc) is 2.76. The Labute approximate surface area is 95.8 Å². The average molecular weight is 221 g/mol. The second-order valence-electron chi connectivity index (χ2n) is 5.02. The van der Waals surface area contributed by atoms with E-state index in [0.717, 1.165) is 25.1 Å². The fourth-order valence-corrected chi connectivity index (χ4v) is 2.84. The molecule has 1 unspecified atom stereocenters. The number of rotatable bonds is 2. The van der Waals surface area contributed by atoms with Crippen LogP contribution in [0.2, 0.25) is 0 Å².